The van der Waals surface area contributed by atoms with Gasteiger partial charge in [-0.1, -0.05) is 27.7 Å². The zero-order valence-electron chi connectivity index (χ0n) is 11.5. The number of nitrogens with one attached hydrogen (secondary N) is 1. The van der Waals surface area contributed by atoms with Crippen molar-refractivity contribution in [1.29, 1.82) is 0 Å². The van der Waals surface area contributed by atoms with Gasteiger partial charge in [0.05, 0.1) is 0 Å². The van der Waals surface area contributed by atoms with Crippen molar-refractivity contribution >= 4 is 11.6 Å². The summed E-state index contributed by atoms with van der Waals surface area (Å²) in [6, 6.07) is 1.78. The minimum absolute atomic E-state index is 0.519. The number of anilines is 2. The number of nitrogens with two attached hydrogens (primary N) is 1. The van der Waals surface area contributed by atoms with E-state index in [-0.39, 0.29) is 0 Å². The van der Waals surface area contributed by atoms with Crippen LogP contribution in [0.4, 0.5) is 11.6 Å². The lowest BCUT2D eigenvalue weighted by Gasteiger charge is -2.25. The Kier molecular flexibility index (Phi) is 4.73. The fourth-order valence-electron chi connectivity index (χ4n) is 2.14. The Balaban J connectivity index is 2.65. The highest BCUT2D eigenvalue weighted by molar-refractivity contribution is 5.44. The van der Waals surface area contributed by atoms with Gasteiger partial charge in [-0.15, -0.1) is 0 Å². The van der Waals surface area contributed by atoms with E-state index in [0.29, 0.717) is 29.4 Å². The molecule has 0 radical (unpaired) electrons. The van der Waals surface area contributed by atoms with Crippen LogP contribution in [0.1, 0.15) is 33.5 Å². The fraction of sp³-hybridized carbons (Fsp3) is 0.692. The summed E-state index contributed by atoms with van der Waals surface area (Å²) < 4.78 is 0. The largest absolute Gasteiger partial charge is 0.384 e. The Morgan fingerprint density at radius 1 is 1.18 bits per heavy atom. The maximum Gasteiger partial charge on any atom is 0.131 e. The van der Waals surface area contributed by atoms with Crippen molar-refractivity contribution in [2.45, 2.75) is 34.6 Å². The van der Waals surface area contributed by atoms with E-state index < -0.39 is 0 Å². The van der Waals surface area contributed by atoms with E-state index in [0.717, 1.165) is 12.4 Å². The number of hydrogen-bond acceptors (Lipinski definition) is 4. The highest BCUT2D eigenvalue weighted by Crippen LogP contribution is 2.21. The highest BCUT2D eigenvalue weighted by atomic mass is 15.0. The number of aromatic nitrogens is 2. The van der Waals surface area contributed by atoms with Gasteiger partial charge < -0.3 is 11.1 Å². The van der Waals surface area contributed by atoms with Crippen LogP contribution >= 0.6 is 0 Å². The zero-order valence-corrected chi connectivity index (χ0v) is 11.5. The molecule has 0 aliphatic carbocycles. The first-order chi connectivity index (χ1) is 7.90. The normalized spacial score (nSPS) is 11.5. The van der Waals surface area contributed by atoms with E-state index in [1.54, 1.807) is 6.07 Å². The van der Waals surface area contributed by atoms with Crippen molar-refractivity contribution in [3.8, 4) is 0 Å². The van der Waals surface area contributed by atoms with Crippen molar-refractivity contribution in [2.75, 3.05) is 17.6 Å². The first-order valence-corrected chi connectivity index (χ1v) is 6.25. The van der Waals surface area contributed by atoms with Gasteiger partial charge in [-0.2, -0.15) is 0 Å². The maximum atomic E-state index is 5.69. The molecule has 0 aromatic carbocycles. The molecule has 0 amide bonds. The SMILES string of the molecule is Cc1nc(N)cc(NCC(C(C)C)C(C)C)n1. The molecule has 0 saturated heterocycles. The number of rotatable bonds is 5. The average Bonchev–Trinajstić information content (AvgIpc) is 2.14. The lowest BCUT2D eigenvalue weighted by atomic mass is 9.85. The van der Waals surface area contributed by atoms with Crippen molar-refractivity contribution < 1.29 is 0 Å². The summed E-state index contributed by atoms with van der Waals surface area (Å²) in [4.78, 5) is 8.38. The molecule has 4 nitrogen and oxygen atoms in total. The maximum absolute atomic E-state index is 5.69. The standard InChI is InChI=1S/C13H24N4/c1-8(2)11(9(3)4)7-15-13-6-12(14)16-10(5)17-13/h6,8-9,11H,7H2,1-5H3,(H3,14,15,16,17). The first kappa shape index (κ1) is 13.7. The van der Waals surface area contributed by atoms with Gasteiger partial charge in [-0.3, -0.25) is 0 Å². The molecule has 4 heteroatoms. The summed E-state index contributed by atoms with van der Waals surface area (Å²) in [6.45, 7) is 11.8. The molecule has 0 unspecified atom stereocenters. The van der Waals surface area contributed by atoms with Crippen LogP contribution in [0.3, 0.4) is 0 Å². The molecule has 0 atom stereocenters. The molecular weight excluding hydrogens is 212 g/mol. The molecule has 0 aliphatic rings. The Morgan fingerprint density at radius 3 is 2.24 bits per heavy atom. The first-order valence-electron chi connectivity index (χ1n) is 6.25. The molecule has 0 spiro atoms. The van der Waals surface area contributed by atoms with E-state index in [1.807, 2.05) is 6.92 Å². The fourth-order valence-corrected chi connectivity index (χ4v) is 2.14. The quantitative estimate of drug-likeness (QED) is 0.825. The van der Waals surface area contributed by atoms with Gasteiger partial charge >= 0.3 is 0 Å². The molecular formula is C13H24N4. The van der Waals surface area contributed by atoms with Crippen LogP contribution in [0.25, 0.3) is 0 Å². The predicted octanol–water partition coefficient (Wildman–Crippen LogP) is 2.71. The van der Waals surface area contributed by atoms with E-state index >= 15 is 0 Å². The van der Waals surface area contributed by atoms with Gasteiger partial charge in [0.15, 0.2) is 0 Å². The van der Waals surface area contributed by atoms with Gasteiger partial charge in [0.1, 0.15) is 17.5 Å². The van der Waals surface area contributed by atoms with E-state index in [9.17, 15) is 0 Å². The third kappa shape index (κ3) is 4.21. The number of hydrogen-bond donors (Lipinski definition) is 2. The van der Waals surface area contributed by atoms with Crippen LogP contribution < -0.4 is 11.1 Å². The lowest BCUT2D eigenvalue weighted by Crippen LogP contribution is -2.25. The highest BCUT2D eigenvalue weighted by Gasteiger charge is 2.17. The van der Waals surface area contributed by atoms with Gasteiger partial charge in [0.2, 0.25) is 0 Å². The number of aryl methyl sites for hydroxylation is 1. The van der Waals surface area contributed by atoms with Gasteiger partial charge in [-0.05, 0) is 24.7 Å². The van der Waals surface area contributed by atoms with Crippen molar-refractivity contribution in [1.82, 2.24) is 9.97 Å². The van der Waals surface area contributed by atoms with Crippen LogP contribution in [-0.2, 0) is 0 Å². The molecule has 0 bridgehead atoms. The van der Waals surface area contributed by atoms with E-state index in [4.69, 9.17) is 5.73 Å². The van der Waals surface area contributed by atoms with Crippen LogP contribution in [0.5, 0.6) is 0 Å². The second-order valence-electron chi connectivity index (χ2n) is 5.26. The summed E-state index contributed by atoms with van der Waals surface area (Å²) in [6.07, 6.45) is 0. The van der Waals surface area contributed by atoms with Crippen molar-refractivity contribution in [2.24, 2.45) is 17.8 Å². The minimum atomic E-state index is 0.519. The summed E-state index contributed by atoms with van der Waals surface area (Å²) >= 11 is 0. The van der Waals surface area contributed by atoms with Crippen LogP contribution in [-0.4, -0.2) is 16.5 Å². The van der Waals surface area contributed by atoms with Crippen LogP contribution in [0, 0.1) is 24.7 Å². The van der Waals surface area contributed by atoms with E-state index in [2.05, 4.69) is 43.0 Å². The number of nitrogens with zero attached hydrogens (tertiary/aromatic N) is 2. The summed E-state index contributed by atoms with van der Waals surface area (Å²) in [5, 5.41) is 3.36. The third-order valence-corrected chi connectivity index (χ3v) is 3.09. The summed E-state index contributed by atoms with van der Waals surface area (Å²) in [5.41, 5.74) is 5.69. The number of nitrogen functional groups attached to an aromatic ring is 1. The smallest absolute Gasteiger partial charge is 0.131 e. The molecule has 1 rings (SSSR count). The summed E-state index contributed by atoms with van der Waals surface area (Å²) in [7, 11) is 0. The second kappa shape index (κ2) is 5.84. The molecule has 17 heavy (non-hydrogen) atoms. The molecule has 1 aromatic heterocycles. The van der Waals surface area contributed by atoms with Gasteiger partial charge in [-0.25, -0.2) is 9.97 Å². The molecule has 3 N–H and O–H groups in total. The average molecular weight is 236 g/mol. The van der Waals surface area contributed by atoms with Crippen molar-refractivity contribution in [3.63, 3.8) is 0 Å². The molecule has 0 fully saturated rings. The van der Waals surface area contributed by atoms with Crippen LogP contribution in [0.2, 0.25) is 0 Å². The Morgan fingerprint density at radius 2 is 1.76 bits per heavy atom. The molecule has 1 aromatic rings. The van der Waals surface area contributed by atoms with Crippen LogP contribution in [0.15, 0.2) is 6.07 Å². The Bertz CT molecular complexity index is 332. The Labute approximate surface area is 104 Å². The second-order valence-corrected chi connectivity index (χ2v) is 5.26. The van der Waals surface area contributed by atoms with Gasteiger partial charge in [0.25, 0.3) is 0 Å². The molecule has 0 saturated carbocycles. The third-order valence-electron chi connectivity index (χ3n) is 3.09. The van der Waals surface area contributed by atoms with Gasteiger partial charge in [0, 0.05) is 12.6 Å². The predicted molar refractivity (Wildman–Crippen MR) is 72.8 cm³/mol. The molecule has 0 aliphatic heterocycles. The lowest BCUT2D eigenvalue weighted by molar-refractivity contribution is 0.304. The topological polar surface area (TPSA) is 63.8 Å². The Hall–Kier alpha value is -1.32. The van der Waals surface area contributed by atoms with Crippen molar-refractivity contribution in [3.05, 3.63) is 11.9 Å². The monoisotopic (exact) mass is 236 g/mol. The van der Waals surface area contributed by atoms with E-state index in [1.165, 1.54) is 0 Å². The summed E-state index contributed by atoms with van der Waals surface area (Å²) in [5.74, 6) is 3.99. The minimum Gasteiger partial charge on any atom is -0.384 e. The molecule has 96 valence electrons. The molecule has 1 heterocycles. The zero-order chi connectivity index (χ0) is 13.0.